The molecule has 10 nitrogen and oxygen atoms in total. The lowest BCUT2D eigenvalue weighted by Gasteiger charge is -2.26. The van der Waals surface area contributed by atoms with E-state index in [1.807, 2.05) is 19.2 Å². The van der Waals surface area contributed by atoms with Gasteiger partial charge in [-0.1, -0.05) is 30.0 Å². The van der Waals surface area contributed by atoms with Gasteiger partial charge in [0, 0.05) is 12.7 Å². The highest BCUT2D eigenvalue weighted by molar-refractivity contribution is 7.98. The van der Waals surface area contributed by atoms with Gasteiger partial charge in [-0.2, -0.15) is 4.68 Å². The van der Waals surface area contributed by atoms with Crippen molar-refractivity contribution in [1.82, 2.24) is 25.1 Å². The minimum absolute atomic E-state index is 0.0228. The van der Waals surface area contributed by atoms with Crippen LogP contribution in [0.5, 0.6) is 0 Å². The summed E-state index contributed by atoms with van der Waals surface area (Å²) < 4.78 is 24.4. The van der Waals surface area contributed by atoms with Gasteiger partial charge in [-0.3, -0.25) is 0 Å². The van der Waals surface area contributed by atoms with Crippen LogP contribution in [0.2, 0.25) is 0 Å². The van der Waals surface area contributed by atoms with Crippen molar-refractivity contribution in [1.29, 1.82) is 0 Å². The van der Waals surface area contributed by atoms with Crippen LogP contribution in [0.1, 0.15) is 18.5 Å². The van der Waals surface area contributed by atoms with Crippen molar-refractivity contribution >= 4 is 33.5 Å². The van der Waals surface area contributed by atoms with E-state index in [9.17, 15) is 13.2 Å². The van der Waals surface area contributed by atoms with Crippen molar-refractivity contribution in [3.8, 4) is 5.69 Å². The number of aromatic nitrogens is 4. The highest BCUT2D eigenvalue weighted by Crippen LogP contribution is 2.23. The van der Waals surface area contributed by atoms with Crippen molar-refractivity contribution in [2.45, 2.75) is 23.0 Å². The molecule has 2 amide bonds. The Hall–Kier alpha value is -2.96. The first kappa shape index (κ1) is 21.7. The maximum Gasteiger partial charge on any atom is 0.322 e. The maximum absolute atomic E-state index is 12.7. The average Bonchev–Trinajstić information content (AvgIpc) is 3.21. The van der Waals surface area contributed by atoms with E-state index in [1.165, 1.54) is 28.8 Å². The van der Waals surface area contributed by atoms with Crippen LogP contribution < -0.4 is 10.5 Å². The predicted molar refractivity (Wildman–Crippen MR) is 114 cm³/mol. The summed E-state index contributed by atoms with van der Waals surface area (Å²) in [7, 11) is -2.10. The average molecular weight is 448 g/mol. The molecular weight excluding hydrogens is 426 g/mol. The smallest absolute Gasteiger partial charge is 0.321 e. The molecule has 3 rings (SSSR count). The molecule has 0 spiro atoms. The van der Waals surface area contributed by atoms with E-state index in [0.29, 0.717) is 10.8 Å². The number of primary sulfonamides is 1. The lowest BCUT2D eigenvalue weighted by Crippen LogP contribution is -2.33. The van der Waals surface area contributed by atoms with Crippen LogP contribution >= 0.6 is 11.8 Å². The molecule has 1 atom stereocenters. The zero-order valence-corrected chi connectivity index (χ0v) is 18.2. The van der Waals surface area contributed by atoms with Crippen LogP contribution in [0.4, 0.5) is 10.5 Å². The fourth-order valence-corrected chi connectivity index (χ4v) is 3.68. The first-order valence-corrected chi connectivity index (χ1v) is 11.6. The summed E-state index contributed by atoms with van der Waals surface area (Å²) in [6.45, 7) is 1.84. The third kappa shape index (κ3) is 4.78. The summed E-state index contributed by atoms with van der Waals surface area (Å²) in [6.07, 6.45) is 1.87. The highest BCUT2D eigenvalue weighted by atomic mass is 32.2. The molecule has 0 fully saturated rings. The van der Waals surface area contributed by atoms with E-state index >= 15 is 0 Å². The number of amides is 2. The molecule has 1 aromatic heterocycles. The molecule has 12 heteroatoms. The fraction of sp³-hybridized carbons (Fsp3) is 0.222. The number of hydrogen-bond acceptors (Lipinski definition) is 7. The summed E-state index contributed by atoms with van der Waals surface area (Å²) in [5, 5.41) is 20.2. The van der Waals surface area contributed by atoms with Crippen LogP contribution in [0.25, 0.3) is 5.69 Å². The molecule has 2 aromatic carbocycles. The number of carbonyl (C=O) groups is 1. The molecule has 30 heavy (non-hydrogen) atoms. The zero-order valence-electron chi connectivity index (χ0n) is 16.6. The topological polar surface area (TPSA) is 136 Å². The standard InChI is InChI=1S/C18H21N7O3S2/c1-12(13-7-9-16(10-8-13)30(19,27)28)24(2)17(26)20-14-5-4-6-15(11-14)25-18(29-3)21-22-23-25/h4-12H,1-3H3,(H,20,26)(H2,19,27,28). The normalized spacial score (nSPS) is 12.4. The Morgan fingerprint density at radius 2 is 1.93 bits per heavy atom. The number of benzene rings is 2. The Morgan fingerprint density at radius 1 is 1.23 bits per heavy atom. The van der Waals surface area contributed by atoms with Gasteiger partial charge in [0.25, 0.3) is 0 Å². The zero-order chi connectivity index (χ0) is 21.9. The molecular formula is C18H21N7O3S2. The van der Waals surface area contributed by atoms with Crippen LogP contribution in [0.15, 0.2) is 58.6 Å². The molecule has 158 valence electrons. The van der Waals surface area contributed by atoms with Crippen molar-refractivity contribution in [3.63, 3.8) is 0 Å². The fourth-order valence-electron chi connectivity index (χ4n) is 2.73. The van der Waals surface area contributed by atoms with E-state index in [4.69, 9.17) is 5.14 Å². The molecule has 0 saturated carbocycles. The lowest BCUT2D eigenvalue weighted by molar-refractivity contribution is 0.208. The number of anilines is 1. The Morgan fingerprint density at radius 3 is 2.57 bits per heavy atom. The number of nitrogens with zero attached hydrogens (tertiary/aromatic N) is 5. The van der Waals surface area contributed by atoms with Crippen LogP contribution in [0, 0.1) is 0 Å². The number of carbonyl (C=O) groups excluding carboxylic acids is 1. The summed E-state index contributed by atoms with van der Waals surface area (Å²) in [4.78, 5) is 14.3. The molecule has 0 aliphatic heterocycles. The Labute approximate surface area is 178 Å². The van der Waals surface area contributed by atoms with E-state index in [-0.39, 0.29) is 17.0 Å². The van der Waals surface area contributed by atoms with Crippen molar-refractivity contribution in [3.05, 3.63) is 54.1 Å². The van der Waals surface area contributed by atoms with Gasteiger partial charge in [-0.25, -0.2) is 18.4 Å². The molecule has 1 unspecified atom stereocenters. The molecule has 0 saturated heterocycles. The molecule has 0 radical (unpaired) electrons. The summed E-state index contributed by atoms with van der Waals surface area (Å²) in [6, 6.07) is 12.7. The maximum atomic E-state index is 12.7. The highest BCUT2D eigenvalue weighted by Gasteiger charge is 2.19. The largest absolute Gasteiger partial charge is 0.322 e. The van der Waals surface area contributed by atoms with Gasteiger partial charge in [0.1, 0.15) is 0 Å². The molecule has 3 aromatic rings. The summed E-state index contributed by atoms with van der Waals surface area (Å²) >= 11 is 1.41. The van der Waals surface area contributed by atoms with Crippen LogP contribution in [-0.4, -0.2) is 52.9 Å². The second-order valence-corrected chi connectivity index (χ2v) is 8.79. The monoisotopic (exact) mass is 447 g/mol. The predicted octanol–water partition coefficient (Wildman–Crippen LogP) is 2.26. The number of hydrogen-bond donors (Lipinski definition) is 2. The SMILES string of the molecule is CSc1nnnn1-c1cccc(NC(=O)N(C)C(C)c2ccc(S(N)(=O)=O)cc2)c1. The molecule has 0 aliphatic carbocycles. The van der Waals surface area contributed by atoms with Gasteiger partial charge in [0.15, 0.2) is 0 Å². The molecule has 0 aliphatic rings. The van der Waals surface area contributed by atoms with Crippen molar-refractivity contribution in [2.24, 2.45) is 5.14 Å². The van der Waals surface area contributed by atoms with Gasteiger partial charge >= 0.3 is 6.03 Å². The van der Waals surface area contributed by atoms with E-state index < -0.39 is 10.0 Å². The first-order chi connectivity index (χ1) is 14.2. The summed E-state index contributed by atoms with van der Waals surface area (Å²) in [5.74, 6) is 0. The Kier molecular flexibility index (Phi) is 6.39. The quantitative estimate of drug-likeness (QED) is 0.553. The molecule has 1 heterocycles. The number of rotatable bonds is 6. The molecule has 3 N–H and O–H groups in total. The first-order valence-electron chi connectivity index (χ1n) is 8.80. The second kappa shape index (κ2) is 8.81. The van der Waals surface area contributed by atoms with Gasteiger partial charge < -0.3 is 10.2 Å². The third-order valence-electron chi connectivity index (χ3n) is 4.56. The second-order valence-electron chi connectivity index (χ2n) is 6.46. The number of urea groups is 1. The number of tetrazole rings is 1. The lowest BCUT2D eigenvalue weighted by atomic mass is 10.1. The van der Waals surface area contributed by atoms with Gasteiger partial charge in [0.2, 0.25) is 15.2 Å². The van der Waals surface area contributed by atoms with Crippen LogP contribution in [-0.2, 0) is 10.0 Å². The van der Waals surface area contributed by atoms with Gasteiger partial charge in [-0.05, 0) is 59.5 Å². The van der Waals surface area contributed by atoms with Gasteiger partial charge in [0.05, 0.1) is 16.6 Å². The van der Waals surface area contributed by atoms with E-state index in [1.54, 1.807) is 42.1 Å². The minimum Gasteiger partial charge on any atom is -0.321 e. The van der Waals surface area contributed by atoms with Crippen molar-refractivity contribution < 1.29 is 13.2 Å². The number of nitrogens with one attached hydrogen (secondary N) is 1. The summed E-state index contributed by atoms with van der Waals surface area (Å²) in [5.41, 5.74) is 2.08. The van der Waals surface area contributed by atoms with Gasteiger partial charge in [-0.15, -0.1) is 5.10 Å². The van der Waals surface area contributed by atoms with E-state index in [2.05, 4.69) is 20.8 Å². The molecule has 0 bridgehead atoms. The minimum atomic E-state index is -3.76. The number of sulfonamides is 1. The van der Waals surface area contributed by atoms with Crippen molar-refractivity contribution in [2.75, 3.05) is 18.6 Å². The van der Waals surface area contributed by atoms with E-state index in [0.717, 1.165) is 11.3 Å². The van der Waals surface area contributed by atoms with Crippen LogP contribution in [0.3, 0.4) is 0 Å². The Balaban J connectivity index is 1.73. The Bertz CT molecular complexity index is 1150. The third-order valence-corrected chi connectivity index (χ3v) is 6.11. The number of nitrogens with two attached hydrogens (primary N) is 1. The number of thioether (sulfide) groups is 1.